The number of carbonyl (C=O) groups excluding carboxylic acids is 2. The summed E-state index contributed by atoms with van der Waals surface area (Å²) in [5, 5.41) is 5.92. The minimum Gasteiger partial charge on any atom is -0.355 e. The average molecular weight is 238 g/mol. The summed E-state index contributed by atoms with van der Waals surface area (Å²) in [5.74, 6) is 0.191. The van der Waals surface area contributed by atoms with Crippen LogP contribution in [0.5, 0.6) is 0 Å². The van der Waals surface area contributed by atoms with Crippen LogP contribution in [-0.4, -0.2) is 24.4 Å². The van der Waals surface area contributed by atoms with Crippen molar-refractivity contribution in [2.24, 2.45) is 5.92 Å². The van der Waals surface area contributed by atoms with Crippen LogP contribution < -0.4 is 10.6 Å². The van der Waals surface area contributed by atoms with Crippen LogP contribution >= 0.6 is 0 Å². The third kappa shape index (κ3) is 3.72. The maximum absolute atomic E-state index is 12.0. The lowest BCUT2D eigenvalue weighted by Gasteiger charge is -2.24. The molecule has 2 rings (SSSR count). The molecule has 4 heteroatoms. The van der Waals surface area contributed by atoms with Gasteiger partial charge in [0.2, 0.25) is 11.8 Å². The Kier molecular flexibility index (Phi) is 4.40. The molecule has 0 bridgehead atoms. The second kappa shape index (κ2) is 6.03. The molecular weight excluding hydrogens is 216 g/mol. The zero-order valence-corrected chi connectivity index (χ0v) is 10.3. The van der Waals surface area contributed by atoms with Crippen LogP contribution in [-0.2, 0) is 9.59 Å². The normalized spacial score (nSPS) is 27.1. The van der Waals surface area contributed by atoms with E-state index in [0.717, 1.165) is 12.8 Å². The van der Waals surface area contributed by atoms with E-state index in [4.69, 9.17) is 0 Å². The Labute approximate surface area is 103 Å². The molecule has 2 amide bonds. The minimum absolute atomic E-state index is 0.0176. The summed E-state index contributed by atoms with van der Waals surface area (Å²) in [4.78, 5) is 23.0. The highest BCUT2D eigenvalue weighted by Crippen LogP contribution is 2.18. The van der Waals surface area contributed by atoms with E-state index >= 15 is 0 Å². The fraction of sp³-hybridized carbons (Fsp3) is 0.846. The standard InChI is InChI=1S/C13H22N2O2/c16-12-8-7-10(9-14-12)13(17)15-11-5-3-1-2-4-6-11/h10-11H,1-9H2,(H,14,16)(H,15,17). The van der Waals surface area contributed by atoms with E-state index in [-0.39, 0.29) is 17.7 Å². The van der Waals surface area contributed by atoms with E-state index < -0.39 is 0 Å². The van der Waals surface area contributed by atoms with Gasteiger partial charge < -0.3 is 10.6 Å². The summed E-state index contributed by atoms with van der Waals surface area (Å²) in [7, 11) is 0. The summed E-state index contributed by atoms with van der Waals surface area (Å²) < 4.78 is 0. The largest absolute Gasteiger partial charge is 0.355 e. The van der Waals surface area contributed by atoms with Gasteiger partial charge in [0.15, 0.2) is 0 Å². The van der Waals surface area contributed by atoms with E-state index in [1.165, 1.54) is 25.7 Å². The van der Waals surface area contributed by atoms with Crippen LogP contribution in [0.15, 0.2) is 0 Å². The van der Waals surface area contributed by atoms with Gasteiger partial charge in [-0.05, 0) is 19.3 Å². The first-order chi connectivity index (χ1) is 8.25. The lowest BCUT2D eigenvalue weighted by molar-refractivity contribution is -0.129. The summed E-state index contributed by atoms with van der Waals surface area (Å²) in [6, 6.07) is 0.364. The second-order valence-corrected chi connectivity index (χ2v) is 5.24. The highest BCUT2D eigenvalue weighted by molar-refractivity contribution is 5.83. The zero-order chi connectivity index (χ0) is 12.1. The molecule has 2 aliphatic rings. The van der Waals surface area contributed by atoms with Crippen molar-refractivity contribution < 1.29 is 9.59 Å². The molecule has 2 N–H and O–H groups in total. The average Bonchev–Trinajstić information content (AvgIpc) is 2.58. The first-order valence-corrected chi connectivity index (χ1v) is 6.83. The number of hydrogen-bond acceptors (Lipinski definition) is 2. The van der Waals surface area contributed by atoms with E-state index in [2.05, 4.69) is 10.6 Å². The Morgan fingerprint density at radius 1 is 1.12 bits per heavy atom. The van der Waals surface area contributed by atoms with Crippen LogP contribution in [0.25, 0.3) is 0 Å². The molecule has 2 fully saturated rings. The van der Waals surface area contributed by atoms with Crippen LogP contribution in [0, 0.1) is 5.92 Å². The highest BCUT2D eigenvalue weighted by Gasteiger charge is 2.26. The molecule has 96 valence electrons. The molecule has 1 saturated heterocycles. The minimum atomic E-state index is -0.0176. The van der Waals surface area contributed by atoms with Gasteiger partial charge in [-0.2, -0.15) is 0 Å². The smallest absolute Gasteiger partial charge is 0.225 e. The van der Waals surface area contributed by atoms with Gasteiger partial charge in [0.1, 0.15) is 0 Å². The van der Waals surface area contributed by atoms with Crippen molar-refractivity contribution in [1.82, 2.24) is 10.6 Å². The fourth-order valence-electron chi connectivity index (χ4n) is 2.70. The summed E-state index contributed by atoms with van der Waals surface area (Å²) >= 11 is 0. The van der Waals surface area contributed by atoms with E-state index in [1.807, 2.05) is 0 Å². The molecule has 0 aromatic carbocycles. The number of rotatable bonds is 2. The third-order valence-electron chi connectivity index (χ3n) is 3.84. The molecule has 0 radical (unpaired) electrons. The molecule has 1 saturated carbocycles. The SMILES string of the molecule is O=C1CCC(C(=O)NC2CCCCCC2)CN1. The molecule has 1 atom stereocenters. The van der Waals surface area contributed by atoms with Crippen LogP contribution in [0.4, 0.5) is 0 Å². The molecule has 1 heterocycles. The quantitative estimate of drug-likeness (QED) is 0.713. The highest BCUT2D eigenvalue weighted by atomic mass is 16.2. The van der Waals surface area contributed by atoms with Gasteiger partial charge in [-0.15, -0.1) is 0 Å². The first kappa shape index (κ1) is 12.4. The summed E-state index contributed by atoms with van der Waals surface area (Å²) in [6.07, 6.45) is 8.47. The Morgan fingerprint density at radius 2 is 1.82 bits per heavy atom. The van der Waals surface area contributed by atoms with Gasteiger partial charge in [-0.25, -0.2) is 0 Å². The number of piperidine rings is 1. The molecular formula is C13H22N2O2. The van der Waals surface area contributed by atoms with Gasteiger partial charge in [-0.1, -0.05) is 25.7 Å². The lowest BCUT2D eigenvalue weighted by atomic mass is 9.97. The molecule has 1 aliphatic heterocycles. The fourth-order valence-corrected chi connectivity index (χ4v) is 2.70. The van der Waals surface area contributed by atoms with Crippen molar-refractivity contribution in [2.45, 2.75) is 57.4 Å². The predicted octanol–water partition coefficient (Wildman–Crippen LogP) is 1.35. The van der Waals surface area contributed by atoms with Gasteiger partial charge in [-0.3, -0.25) is 9.59 Å². The van der Waals surface area contributed by atoms with Crippen molar-refractivity contribution >= 4 is 11.8 Å². The molecule has 0 aromatic rings. The maximum atomic E-state index is 12.0. The number of nitrogens with one attached hydrogen (secondary N) is 2. The number of carbonyl (C=O) groups is 2. The van der Waals surface area contributed by atoms with Crippen molar-refractivity contribution in [3.8, 4) is 0 Å². The Hall–Kier alpha value is -1.06. The van der Waals surface area contributed by atoms with Crippen molar-refractivity contribution in [2.75, 3.05) is 6.54 Å². The Morgan fingerprint density at radius 3 is 2.41 bits per heavy atom. The Balaban J connectivity index is 1.77. The van der Waals surface area contributed by atoms with Crippen molar-refractivity contribution in [1.29, 1.82) is 0 Å². The molecule has 1 unspecified atom stereocenters. The molecule has 17 heavy (non-hydrogen) atoms. The molecule has 0 spiro atoms. The van der Waals surface area contributed by atoms with Crippen molar-refractivity contribution in [3.05, 3.63) is 0 Å². The van der Waals surface area contributed by atoms with E-state index in [0.29, 0.717) is 25.4 Å². The van der Waals surface area contributed by atoms with Gasteiger partial charge >= 0.3 is 0 Å². The van der Waals surface area contributed by atoms with E-state index in [9.17, 15) is 9.59 Å². The van der Waals surface area contributed by atoms with E-state index in [1.54, 1.807) is 0 Å². The van der Waals surface area contributed by atoms with Gasteiger partial charge in [0.05, 0.1) is 5.92 Å². The van der Waals surface area contributed by atoms with Crippen LogP contribution in [0.3, 0.4) is 0 Å². The lowest BCUT2D eigenvalue weighted by Crippen LogP contribution is -2.45. The predicted molar refractivity (Wildman–Crippen MR) is 65.4 cm³/mol. The molecule has 1 aliphatic carbocycles. The van der Waals surface area contributed by atoms with Crippen LogP contribution in [0.1, 0.15) is 51.4 Å². The third-order valence-corrected chi connectivity index (χ3v) is 3.84. The van der Waals surface area contributed by atoms with Gasteiger partial charge in [0.25, 0.3) is 0 Å². The second-order valence-electron chi connectivity index (χ2n) is 5.24. The molecule has 4 nitrogen and oxygen atoms in total. The van der Waals surface area contributed by atoms with Crippen molar-refractivity contribution in [3.63, 3.8) is 0 Å². The monoisotopic (exact) mass is 238 g/mol. The topological polar surface area (TPSA) is 58.2 Å². The van der Waals surface area contributed by atoms with Crippen LogP contribution in [0.2, 0.25) is 0 Å². The number of amides is 2. The first-order valence-electron chi connectivity index (χ1n) is 6.83. The number of hydrogen-bond donors (Lipinski definition) is 2. The zero-order valence-electron chi connectivity index (χ0n) is 10.3. The summed E-state index contributed by atoms with van der Waals surface area (Å²) in [5.41, 5.74) is 0. The maximum Gasteiger partial charge on any atom is 0.225 e. The van der Waals surface area contributed by atoms with Gasteiger partial charge in [0, 0.05) is 19.0 Å². The summed E-state index contributed by atoms with van der Waals surface area (Å²) in [6.45, 7) is 0.511. The molecule has 0 aromatic heterocycles. The Bertz CT molecular complexity index is 273.